The number of carbonyl (C=O) groups excluding carboxylic acids is 2. The van der Waals surface area contributed by atoms with Gasteiger partial charge >= 0.3 is 5.97 Å². The molecule has 1 aliphatic rings. The van der Waals surface area contributed by atoms with E-state index in [0.29, 0.717) is 45.2 Å². The molecule has 2 aromatic heterocycles. The van der Waals surface area contributed by atoms with Crippen LogP contribution in [0.4, 0.5) is 0 Å². The Morgan fingerprint density at radius 3 is 2.35 bits per heavy atom. The first-order chi connectivity index (χ1) is 20.7. The van der Waals surface area contributed by atoms with E-state index in [1.54, 1.807) is 19.1 Å². The maximum Gasteiger partial charge on any atom is 0.337 e. The molecule has 5 rings (SSSR count). The molecule has 0 N–H and O–H groups in total. The van der Waals surface area contributed by atoms with Crippen molar-refractivity contribution in [2.75, 3.05) is 20.3 Å². The lowest BCUT2D eigenvalue weighted by molar-refractivity contribution is -0.136. The topological polar surface area (TPSA) is 101 Å². The van der Waals surface area contributed by atoms with Crippen LogP contribution in [-0.2, 0) is 9.53 Å². The molecule has 9 nitrogen and oxygen atoms in total. The fourth-order valence-corrected chi connectivity index (χ4v) is 6.27. The van der Waals surface area contributed by atoms with Gasteiger partial charge in [0.1, 0.15) is 0 Å². The summed E-state index contributed by atoms with van der Waals surface area (Å²) in [4.78, 5) is 43.6. The molecule has 1 atom stereocenters. The molecule has 0 saturated heterocycles. The summed E-state index contributed by atoms with van der Waals surface area (Å²) in [5.74, 6) is 0.537. The molecule has 4 aromatic rings. The highest BCUT2D eigenvalue weighted by Gasteiger charge is 2.31. The van der Waals surface area contributed by atoms with E-state index in [4.69, 9.17) is 14.2 Å². The Balaban J connectivity index is 1.63. The Bertz CT molecular complexity index is 1930. The van der Waals surface area contributed by atoms with Crippen molar-refractivity contribution >= 4 is 29.2 Å². The highest BCUT2D eigenvalue weighted by Crippen LogP contribution is 2.35. The molecule has 0 saturated carbocycles. The molecule has 3 heterocycles. The summed E-state index contributed by atoms with van der Waals surface area (Å²) >= 11 is 1.26. The van der Waals surface area contributed by atoms with Gasteiger partial charge in [-0.2, -0.15) is 0 Å². The van der Waals surface area contributed by atoms with Crippen molar-refractivity contribution in [3.63, 3.8) is 0 Å². The van der Waals surface area contributed by atoms with Gasteiger partial charge in [0.05, 0.1) is 36.5 Å². The van der Waals surface area contributed by atoms with Crippen molar-refractivity contribution in [1.29, 1.82) is 0 Å². The SMILES string of the molecule is CCOc1ccc([C@@H]2C(C(=O)OC)=CN=c3s/c(=C\c4cc(C)n(-c5ccc(C(C)=O)cc5)c4C)c(=O)n32)cc1OCC. The molecule has 0 amide bonds. The van der Waals surface area contributed by atoms with Gasteiger partial charge in [-0.05, 0) is 94.3 Å². The molecule has 222 valence electrons. The minimum absolute atomic E-state index is 0.0107. The van der Waals surface area contributed by atoms with Crippen LogP contribution in [0.1, 0.15) is 59.7 Å². The summed E-state index contributed by atoms with van der Waals surface area (Å²) in [6.45, 7) is 10.2. The normalized spacial score (nSPS) is 14.5. The standard InChI is InChI=1S/C33H33N3O6S/c1-7-41-27-14-11-23(16-28(27)42-8-2)30-26(32(39)40-6)18-34-33-36(30)31(38)29(43-33)17-24-15-19(3)35(20(24)4)25-12-9-22(10-13-25)21(5)37/h9-18,30H,7-8H2,1-6H3/b29-17-/t30-/m1/s1. The fraction of sp³-hybridized carbons (Fsp3) is 0.273. The van der Waals surface area contributed by atoms with Crippen LogP contribution in [0.5, 0.6) is 11.5 Å². The molecular formula is C33H33N3O6S. The number of carbonyl (C=O) groups is 2. The Hall–Kier alpha value is -4.70. The number of rotatable bonds is 9. The second-order valence-electron chi connectivity index (χ2n) is 10.0. The summed E-state index contributed by atoms with van der Waals surface area (Å²) in [5.41, 5.74) is 5.00. The van der Waals surface area contributed by atoms with Crippen LogP contribution in [0.3, 0.4) is 0 Å². The van der Waals surface area contributed by atoms with E-state index in [-0.39, 0.29) is 16.9 Å². The van der Waals surface area contributed by atoms with Gasteiger partial charge in [0.25, 0.3) is 5.56 Å². The second-order valence-corrected chi connectivity index (χ2v) is 11.0. The third kappa shape index (κ3) is 5.58. The van der Waals surface area contributed by atoms with Gasteiger partial charge < -0.3 is 18.8 Å². The number of aromatic nitrogens is 2. The molecule has 10 heteroatoms. The van der Waals surface area contributed by atoms with E-state index < -0.39 is 12.0 Å². The number of ether oxygens (including phenoxy) is 3. The molecule has 0 unspecified atom stereocenters. The number of esters is 1. The summed E-state index contributed by atoms with van der Waals surface area (Å²) in [6, 6.07) is 14.1. The van der Waals surface area contributed by atoms with E-state index in [2.05, 4.69) is 9.56 Å². The first kappa shape index (κ1) is 29.8. The first-order valence-electron chi connectivity index (χ1n) is 14.0. The summed E-state index contributed by atoms with van der Waals surface area (Å²) < 4.78 is 20.7. The van der Waals surface area contributed by atoms with Gasteiger partial charge in [-0.1, -0.05) is 17.4 Å². The van der Waals surface area contributed by atoms with Crippen molar-refractivity contribution in [1.82, 2.24) is 9.13 Å². The molecule has 0 fully saturated rings. The highest BCUT2D eigenvalue weighted by atomic mass is 32.1. The number of ketones is 1. The highest BCUT2D eigenvalue weighted by molar-refractivity contribution is 7.07. The number of Topliss-reactive ketones (excluding diaryl/α,β-unsaturated/α-hetero) is 1. The van der Waals surface area contributed by atoms with Gasteiger partial charge in [-0.25, -0.2) is 9.79 Å². The minimum atomic E-state index is -0.770. The van der Waals surface area contributed by atoms with Gasteiger partial charge in [-0.3, -0.25) is 14.2 Å². The van der Waals surface area contributed by atoms with Crippen molar-refractivity contribution < 1.29 is 23.8 Å². The van der Waals surface area contributed by atoms with Crippen LogP contribution in [0.2, 0.25) is 0 Å². The Morgan fingerprint density at radius 1 is 1.00 bits per heavy atom. The molecule has 0 aliphatic carbocycles. The third-order valence-electron chi connectivity index (χ3n) is 7.30. The third-order valence-corrected chi connectivity index (χ3v) is 8.29. The number of aryl methyl sites for hydroxylation is 1. The largest absolute Gasteiger partial charge is 0.490 e. The van der Waals surface area contributed by atoms with E-state index in [0.717, 1.165) is 22.6 Å². The van der Waals surface area contributed by atoms with Crippen molar-refractivity contribution in [2.45, 2.75) is 40.7 Å². The lowest BCUT2D eigenvalue weighted by Gasteiger charge is -2.23. The number of hydrogen-bond acceptors (Lipinski definition) is 8. The van der Waals surface area contributed by atoms with Crippen molar-refractivity contribution in [2.24, 2.45) is 4.99 Å². The zero-order valence-corrected chi connectivity index (χ0v) is 25.8. The average Bonchev–Trinajstić information content (AvgIpc) is 3.47. The van der Waals surface area contributed by atoms with E-state index >= 15 is 0 Å². The van der Waals surface area contributed by atoms with Gasteiger partial charge in [0.15, 0.2) is 22.1 Å². The number of nitrogens with zero attached hydrogens (tertiary/aromatic N) is 3. The zero-order valence-electron chi connectivity index (χ0n) is 25.0. The van der Waals surface area contributed by atoms with Crippen LogP contribution >= 0.6 is 11.3 Å². The number of fused-ring (bicyclic) bond motifs is 1. The zero-order chi connectivity index (χ0) is 30.8. The number of benzene rings is 2. The summed E-state index contributed by atoms with van der Waals surface area (Å²) in [5, 5.41) is 0. The maximum absolute atomic E-state index is 14.0. The number of hydrogen-bond donors (Lipinski definition) is 0. The first-order valence-corrected chi connectivity index (χ1v) is 14.8. The molecule has 0 bridgehead atoms. The van der Waals surface area contributed by atoms with Crippen molar-refractivity contribution in [3.05, 3.63) is 108 Å². The quantitative estimate of drug-likeness (QED) is 0.209. The summed E-state index contributed by atoms with van der Waals surface area (Å²) in [6.07, 6.45) is 3.33. The van der Waals surface area contributed by atoms with E-state index in [1.807, 2.05) is 70.2 Å². The van der Waals surface area contributed by atoms with Gasteiger partial charge in [-0.15, -0.1) is 0 Å². The van der Waals surface area contributed by atoms with Crippen LogP contribution in [0.15, 0.2) is 70.1 Å². The van der Waals surface area contributed by atoms with Crippen LogP contribution in [0, 0.1) is 13.8 Å². The lowest BCUT2D eigenvalue weighted by atomic mass is 9.97. The molecule has 0 radical (unpaired) electrons. The minimum Gasteiger partial charge on any atom is -0.490 e. The number of thiazole rings is 1. The number of methoxy groups -OCH3 is 1. The Kier molecular flexibility index (Phi) is 8.50. The molecule has 2 aromatic carbocycles. The van der Waals surface area contributed by atoms with Gasteiger partial charge in [0, 0.05) is 28.8 Å². The van der Waals surface area contributed by atoms with Crippen LogP contribution in [-0.4, -0.2) is 41.2 Å². The average molecular weight is 600 g/mol. The maximum atomic E-state index is 14.0. The van der Waals surface area contributed by atoms with E-state index in [1.165, 1.54) is 29.2 Å². The van der Waals surface area contributed by atoms with Crippen LogP contribution < -0.4 is 24.4 Å². The van der Waals surface area contributed by atoms with E-state index in [9.17, 15) is 14.4 Å². The Labute approximate surface area is 253 Å². The predicted molar refractivity (Wildman–Crippen MR) is 165 cm³/mol. The smallest absolute Gasteiger partial charge is 0.337 e. The lowest BCUT2D eigenvalue weighted by Crippen LogP contribution is -2.39. The summed E-state index contributed by atoms with van der Waals surface area (Å²) in [7, 11) is 1.30. The monoisotopic (exact) mass is 599 g/mol. The second kappa shape index (κ2) is 12.3. The predicted octanol–water partition coefficient (Wildman–Crippen LogP) is 4.43. The molecular weight excluding hydrogens is 566 g/mol. The van der Waals surface area contributed by atoms with Crippen LogP contribution in [0.25, 0.3) is 11.8 Å². The fourth-order valence-electron chi connectivity index (χ4n) is 5.30. The molecule has 0 spiro atoms. The van der Waals surface area contributed by atoms with Gasteiger partial charge in [0.2, 0.25) is 0 Å². The molecule has 1 aliphatic heterocycles. The Morgan fingerprint density at radius 2 is 1.70 bits per heavy atom. The van der Waals surface area contributed by atoms with Crippen molar-refractivity contribution in [3.8, 4) is 17.2 Å². The molecule has 43 heavy (non-hydrogen) atoms.